The molecule has 158 valence electrons. The van der Waals surface area contributed by atoms with Crippen molar-refractivity contribution in [3.63, 3.8) is 0 Å². The number of amides is 2. The molecule has 31 heavy (non-hydrogen) atoms. The van der Waals surface area contributed by atoms with Crippen LogP contribution in [0.4, 0.5) is 11.4 Å². The summed E-state index contributed by atoms with van der Waals surface area (Å²) in [6.07, 6.45) is 0.980. The van der Waals surface area contributed by atoms with Gasteiger partial charge in [0.2, 0.25) is 11.8 Å². The first-order chi connectivity index (χ1) is 15.1. The van der Waals surface area contributed by atoms with Crippen molar-refractivity contribution in [3.8, 4) is 0 Å². The van der Waals surface area contributed by atoms with Gasteiger partial charge >= 0.3 is 0 Å². The van der Waals surface area contributed by atoms with E-state index >= 15 is 0 Å². The molecule has 3 aromatic rings. The van der Waals surface area contributed by atoms with Gasteiger partial charge in [-0.05, 0) is 48.2 Å². The number of fused-ring (bicyclic) bond motifs is 1. The standard InChI is InChI=1S/C25H24N2O3S/c28-21(18-6-2-1-3-7-18)15-12-17-10-13-19(14-11-17)26-24(29)16-23-25(30)27-20-8-4-5-9-22(20)31-23/h1-11,13-14,21,23,28H,12,15-16H2,(H,26,29)(H,27,30)/t21-,23-/m1/s1. The summed E-state index contributed by atoms with van der Waals surface area (Å²) in [6.45, 7) is 0. The van der Waals surface area contributed by atoms with Crippen molar-refractivity contribution >= 4 is 35.0 Å². The van der Waals surface area contributed by atoms with Crippen LogP contribution in [0.15, 0.2) is 83.8 Å². The Morgan fingerprint density at radius 2 is 1.71 bits per heavy atom. The molecule has 0 aromatic heterocycles. The maximum Gasteiger partial charge on any atom is 0.238 e. The third kappa shape index (κ3) is 5.54. The molecule has 0 saturated carbocycles. The third-order valence-corrected chi connectivity index (χ3v) is 6.48. The Labute approximate surface area is 185 Å². The number of rotatable bonds is 7. The molecule has 1 aliphatic rings. The van der Waals surface area contributed by atoms with Crippen molar-refractivity contribution in [1.29, 1.82) is 0 Å². The van der Waals surface area contributed by atoms with E-state index in [0.29, 0.717) is 12.1 Å². The van der Waals surface area contributed by atoms with E-state index in [-0.39, 0.29) is 18.2 Å². The van der Waals surface area contributed by atoms with Gasteiger partial charge in [-0.1, -0.05) is 54.6 Å². The number of aliphatic hydroxyl groups is 1. The molecule has 0 fully saturated rings. The monoisotopic (exact) mass is 432 g/mol. The molecule has 4 rings (SSSR count). The van der Waals surface area contributed by atoms with E-state index in [1.807, 2.05) is 78.9 Å². The summed E-state index contributed by atoms with van der Waals surface area (Å²) < 4.78 is 0. The van der Waals surface area contributed by atoms with Crippen LogP contribution in [0, 0.1) is 0 Å². The summed E-state index contributed by atoms with van der Waals surface area (Å²) in [5.41, 5.74) is 3.49. The van der Waals surface area contributed by atoms with Gasteiger partial charge in [0.15, 0.2) is 0 Å². The van der Waals surface area contributed by atoms with Crippen LogP contribution < -0.4 is 10.6 Å². The van der Waals surface area contributed by atoms with E-state index in [2.05, 4.69) is 10.6 Å². The normalized spacial score (nSPS) is 16.2. The molecule has 1 heterocycles. The van der Waals surface area contributed by atoms with Gasteiger partial charge in [-0.15, -0.1) is 11.8 Å². The zero-order valence-electron chi connectivity index (χ0n) is 17.0. The fraction of sp³-hybridized carbons (Fsp3) is 0.200. The van der Waals surface area contributed by atoms with E-state index in [0.717, 1.165) is 28.1 Å². The lowest BCUT2D eigenvalue weighted by Crippen LogP contribution is -2.32. The topological polar surface area (TPSA) is 78.4 Å². The number of benzene rings is 3. The van der Waals surface area contributed by atoms with Crippen molar-refractivity contribution in [1.82, 2.24) is 0 Å². The Balaban J connectivity index is 1.28. The van der Waals surface area contributed by atoms with Crippen molar-refractivity contribution in [2.75, 3.05) is 10.6 Å². The van der Waals surface area contributed by atoms with Crippen LogP contribution in [0.3, 0.4) is 0 Å². The number of anilines is 2. The summed E-state index contributed by atoms with van der Waals surface area (Å²) in [5, 5.41) is 15.6. The maximum absolute atomic E-state index is 12.5. The maximum atomic E-state index is 12.5. The fourth-order valence-corrected chi connectivity index (χ4v) is 4.62. The predicted molar refractivity (Wildman–Crippen MR) is 124 cm³/mol. The number of para-hydroxylation sites is 1. The first-order valence-electron chi connectivity index (χ1n) is 10.3. The lowest BCUT2D eigenvalue weighted by Gasteiger charge is -2.23. The molecule has 3 N–H and O–H groups in total. The zero-order chi connectivity index (χ0) is 21.6. The Kier molecular flexibility index (Phi) is 6.70. The average molecular weight is 433 g/mol. The first kappa shape index (κ1) is 21.2. The molecule has 5 nitrogen and oxygen atoms in total. The molecular formula is C25H24N2O3S. The Morgan fingerprint density at radius 3 is 2.48 bits per heavy atom. The van der Waals surface area contributed by atoms with Gasteiger partial charge in [0, 0.05) is 17.0 Å². The third-order valence-electron chi connectivity index (χ3n) is 5.21. The van der Waals surface area contributed by atoms with Crippen LogP contribution in [-0.4, -0.2) is 22.2 Å². The van der Waals surface area contributed by atoms with E-state index in [4.69, 9.17) is 0 Å². The lowest BCUT2D eigenvalue weighted by molar-refractivity contribution is -0.120. The van der Waals surface area contributed by atoms with Crippen LogP contribution in [0.25, 0.3) is 0 Å². The zero-order valence-corrected chi connectivity index (χ0v) is 17.8. The van der Waals surface area contributed by atoms with Crippen molar-refractivity contribution < 1.29 is 14.7 Å². The summed E-state index contributed by atoms with van der Waals surface area (Å²) in [6, 6.07) is 24.8. The minimum atomic E-state index is -0.496. The molecule has 0 saturated heterocycles. The smallest absolute Gasteiger partial charge is 0.238 e. The molecular weight excluding hydrogens is 408 g/mol. The lowest BCUT2D eigenvalue weighted by atomic mass is 10.0. The minimum Gasteiger partial charge on any atom is -0.388 e. The highest BCUT2D eigenvalue weighted by Gasteiger charge is 2.28. The van der Waals surface area contributed by atoms with E-state index < -0.39 is 11.4 Å². The van der Waals surface area contributed by atoms with Crippen LogP contribution >= 0.6 is 11.8 Å². The molecule has 6 heteroatoms. The summed E-state index contributed by atoms with van der Waals surface area (Å²) in [4.78, 5) is 25.7. The van der Waals surface area contributed by atoms with E-state index in [1.165, 1.54) is 11.8 Å². The van der Waals surface area contributed by atoms with Crippen LogP contribution in [0.5, 0.6) is 0 Å². The molecule has 0 bridgehead atoms. The summed E-state index contributed by atoms with van der Waals surface area (Å²) >= 11 is 1.42. The quantitative estimate of drug-likeness (QED) is 0.501. The van der Waals surface area contributed by atoms with Gasteiger partial charge in [0.1, 0.15) is 0 Å². The number of hydrogen-bond acceptors (Lipinski definition) is 4. The molecule has 0 radical (unpaired) electrons. The van der Waals surface area contributed by atoms with Crippen molar-refractivity contribution in [3.05, 3.63) is 90.0 Å². The molecule has 3 aromatic carbocycles. The Bertz CT molecular complexity index is 1050. The largest absolute Gasteiger partial charge is 0.388 e. The molecule has 1 aliphatic heterocycles. The predicted octanol–water partition coefficient (Wildman–Crippen LogP) is 4.79. The van der Waals surface area contributed by atoms with Crippen LogP contribution in [-0.2, 0) is 16.0 Å². The summed E-state index contributed by atoms with van der Waals surface area (Å²) in [7, 11) is 0. The second-order valence-electron chi connectivity index (χ2n) is 7.51. The highest BCUT2D eigenvalue weighted by molar-refractivity contribution is 8.01. The number of aliphatic hydroxyl groups excluding tert-OH is 1. The van der Waals surface area contributed by atoms with Crippen molar-refractivity contribution in [2.45, 2.75) is 35.5 Å². The van der Waals surface area contributed by atoms with E-state index in [1.54, 1.807) is 0 Å². The van der Waals surface area contributed by atoms with Crippen LogP contribution in [0.1, 0.15) is 30.1 Å². The Morgan fingerprint density at radius 1 is 1.00 bits per heavy atom. The van der Waals surface area contributed by atoms with Gasteiger partial charge in [-0.25, -0.2) is 0 Å². The highest BCUT2D eigenvalue weighted by atomic mass is 32.2. The SMILES string of the molecule is O=C(C[C@H]1Sc2ccccc2NC1=O)Nc1ccc(CC[C@@H](O)c2ccccc2)cc1. The number of aryl methyl sites for hydroxylation is 1. The minimum absolute atomic E-state index is 0.107. The van der Waals surface area contributed by atoms with Crippen molar-refractivity contribution in [2.24, 2.45) is 0 Å². The number of thioether (sulfide) groups is 1. The van der Waals surface area contributed by atoms with E-state index in [9.17, 15) is 14.7 Å². The summed E-state index contributed by atoms with van der Waals surface area (Å²) in [5.74, 6) is -0.342. The number of hydrogen-bond donors (Lipinski definition) is 3. The van der Waals surface area contributed by atoms with Crippen LogP contribution in [0.2, 0.25) is 0 Å². The molecule has 2 amide bonds. The number of carbonyl (C=O) groups is 2. The number of nitrogens with one attached hydrogen (secondary N) is 2. The van der Waals surface area contributed by atoms with Gasteiger partial charge < -0.3 is 15.7 Å². The van der Waals surface area contributed by atoms with Gasteiger partial charge in [-0.2, -0.15) is 0 Å². The second-order valence-corrected chi connectivity index (χ2v) is 8.75. The molecule has 0 aliphatic carbocycles. The van der Waals surface area contributed by atoms with Gasteiger partial charge in [-0.3, -0.25) is 9.59 Å². The molecule has 2 atom stereocenters. The molecule has 0 spiro atoms. The first-order valence-corrected chi connectivity index (χ1v) is 11.1. The average Bonchev–Trinajstić information content (AvgIpc) is 2.79. The fourth-order valence-electron chi connectivity index (χ4n) is 3.51. The molecule has 0 unspecified atom stereocenters. The van der Waals surface area contributed by atoms with Gasteiger partial charge in [0.25, 0.3) is 0 Å². The highest BCUT2D eigenvalue weighted by Crippen LogP contribution is 2.36. The Hall–Kier alpha value is -3.09. The van der Waals surface area contributed by atoms with Gasteiger partial charge in [0.05, 0.1) is 17.0 Å². The second kappa shape index (κ2) is 9.81. The number of carbonyl (C=O) groups excluding carboxylic acids is 2.